The maximum atomic E-state index is 12.0. The van der Waals surface area contributed by atoms with Gasteiger partial charge in [0.25, 0.3) is 0 Å². The first-order chi connectivity index (χ1) is 28.8. The number of allylic oxidation sites excluding steroid dienone is 2. The Labute approximate surface area is 390 Å². The molecule has 2 aliphatic rings. The van der Waals surface area contributed by atoms with E-state index in [9.17, 15) is 4.79 Å². The summed E-state index contributed by atoms with van der Waals surface area (Å²) in [6, 6.07) is 0. The molecule has 0 N–H and O–H groups in total. The Kier molecular flexibility index (Phi) is 23.8. The molecule has 0 aromatic heterocycles. The predicted molar refractivity (Wildman–Crippen MR) is 275 cm³/mol. The summed E-state index contributed by atoms with van der Waals surface area (Å²) < 4.78 is 41.7. The average Bonchev–Trinajstić information content (AvgIpc) is 3.57. The van der Waals surface area contributed by atoms with Crippen LogP contribution in [0.25, 0.3) is 0 Å². The molecule has 0 unspecified atom stereocenters. The predicted octanol–water partition coefficient (Wildman–Crippen LogP) is 16.2. The Morgan fingerprint density at radius 2 is 1.34 bits per heavy atom. The van der Waals surface area contributed by atoms with Gasteiger partial charge in [0, 0.05) is 12.0 Å². The van der Waals surface area contributed by atoms with Crippen LogP contribution in [0.1, 0.15) is 180 Å². The van der Waals surface area contributed by atoms with Gasteiger partial charge in [0.1, 0.15) is 0 Å². The van der Waals surface area contributed by atoms with Gasteiger partial charge in [0.05, 0.1) is 13.2 Å². The van der Waals surface area contributed by atoms with E-state index in [1.807, 2.05) is 6.08 Å². The molecule has 7 atom stereocenters. The fraction of sp³-hybridized carbons (Fsp3) is 0.830. The summed E-state index contributed by atoms with van der Waals surface area (Å²) in [5.74, 6) is -0.486. The zero-order valence-corrected chi connectivity index (χ0v) is 48.8. The van der Waals surface area contributed by atoms with Crippen LogP contribution in [-0.4, -0.2) is 77.8 Å². The fourth-order valence-electron chi connectivity index (χ4n) is 8.68. The van der Waals surface area contributed by atoms with E-state index in [0.717, 1.165) is 51.4 Å². The first-order valence-corrected chi connectivity index (χ1v) is 38.9. The molecule has 62 heavy (non-hydrogen) atoms. The fourth-order valence-corrected chi connectivity index (χ4v) is 25.6. The first-order valence-electron chi connectivity index (χ1n) is 25.3. The van der Waals surface area contributed by atoms with Gasteiger partial charge in [-0.3, -0.25) is 0 Å². The second-order valence-electron chi connectivity index (χ2n) is 22.8. The third-order valence-electron chi connectivity index (χ3n) is 15.4. The number of methoxy groups -OCH3 is 1. The van der Waals surface area contributed by atoms with Gasteiger partial charge in [-0.2, -0.15) is 0 Å². The van der Waals surface area contributed by atoms with Crippen molar-refractivity contribution in [2.45, 2.75) is 259 Å². The van der Waals surface area contributed by atoms with Crippen LogP contribution < -0.4 is 0 Å². The molecule has 0 aromatic carbocycles. The van der Waals surface area contributed by atoms with Crippen molar-refractivity contribution in [2.24, 2.45) is 11.8 Å². The molecule has 0 radical (unpaired) electrons. The van der Waals surface area contributed by atoms with Crippen LogP contribution in [0.15, 0.2) is 46.1 Å². The number of unbranched alkanes of at least 4 members (excludes halogenated alkanes) is 4. The molecule has 0 bridgehead atoms. The summed E-state index contributed by atoms with van der Waals surface area (Å²) in [5.41, 5.74) is 0.799. The van der Waals surface area contributed by atoms with Gasteiger partial charge in [-0.05, 0) is 18.1 Å². The average molecular weight is 1010 g/mol. The van der Waals surface area contributed by atoms with Crippen molar-refractivity contribution in [1.82, 2.24) is 0 Å². The van der Waals surface area contributed by atoms with Crippen molar-refractivity contribution < 1.29 is 27.9 Å². The number of rotatable bonds is 26. The molecule has 0 amide bonds. The zero-order valence-electron chi connectivity index (χ0n) is 43.9. The van der Waals surface area contributed by atoms with E-state index in [4.69, 9.17) is 23.1 Å². The molecule has 2 rings (SSSR count). The van der Waals surface area contributed by atoms with Crippen molar-refractivity contribution in [2.75, 3.05) is 7.11 Å². The topological polar surface area (TPSA) is 63.2 Å². The van der Waals surface area contributed by atoms with E-state index in [-0.39, 0.29) is 40.3 Å². The molecule has 2 saturated heterocycles. The summed E-state index contributed by atoms with van der Waals surface area (Å²) in [7, 11) is -2.83. The van der Waals surface area contributed by atoms with Crippen LogP contribution >= 0.6 is 0 Å². The number of esters is 1. The molecule has 1 spiro atoms. The third kappa shape index (κ3) is 17.3. The van der Waals surface area contributed by atoms with E-state index in [1.165, 1.54) is 70.6 Å². The van der Waals surface area contributed by atoms with Gasteiger partial charge in [-0.1, -0.05) is 39.8 Å². The summed E-state index contributed by atoms with van der Waals surface area (Å²) in [5, 5.41) is 0.165. The van der Waals surface area contributed by atoms with E-state index >= 15 is 0 Å². The van der Waals surface area contributed by atoms with Gasteiger partial charge in [0.15, 0.2) is 8.32 Å². The molecule has 0 saturated carbocycles. The molecule has 6 nitrogen and oxygen atoms in total. The second-order valence-corrected chi connectivity index (χ2v) is 45.3. The summed E-state index contributed by atoms with van der Waals surface area (Å²) in [4.78, 5) is 12.0. The summed E-state index contributed by atoms with van der Waals surface area (Å²) in [6.45, 7) is 39.5. The van der Waals surface area contributed by atoms with Gasteiger partial charge in [0.2, 0.25) is 0 Å². The number of hydrogen-bond acceptors (Lipinski definition) is 6. The van der Waals surface area contributed by atoms with Crippen LogP contribution in [0.3, 0.4) is 0 Å². The van der Waals surface area contributed by atoms with Crippen LogP contribution in [0.2, 0.25) is 49.6 Å². The molecule has 0 aliphatic carbocycles. The van der Waals surface area contributed by atoms with Crippen LogP contribution in [-0.2, 0) is 27.9 Å². The van der Waals surface area contributed by atoms with Gasteiger partial charge in [-0.25, -0.2) is 4.79 Å². The van der Waals surface area contributed by atoms with E-state index in [2.05, 4.69) is 145 Å². The van der Waals surface area contributed by atoms with E-state index in [1.54, 1.807) is 0 Å². The minimum absolute atomic E-state index is 0.00426. The molecular formula is C53H100O6Si2Sn. The monoisotopic (exact) mass is 1010 g/mol. The number of carbonyl (C=O) groups is 1. The quantitative estimate of drug-likeness (QED) is 0.0372. The minimum atomic E-state index is -2.63. The number of hydrogen-bond donors (Lipinski definition) is 0. The third-order valence-corrected chi connectivity index (χ3v) is 38.5. The first kappa shape index (κ1) is 57.6. The standard InChI is InChI=1S/C41H73O6Si2.3C4H9.Sn/c1-17-19-27-40(36(18-2)46-49(15,16)39(9,10)11)29-30-41(47-40)28-26-33(5)34(44-41)23-20-31(3)21-24-35(32(4)22-25-37(42)43-12)45-48(13,14)38(6,7)8;3*1-3-4-2;/h2,18,20-22,24-25,32-36H,17,19,23,26-30H2,1,3-16H3;3*1,3-4H2,2H3;/b18-2?,24-21+,25-22+,31-20+;;;;/t32-,33-,34+,35-,36-,40+,41-;;;;/m0..../s1. The Morgan fingerprint density at radius 1 is 0.790 bits per heavy atom. The maximum absolute atomic E-state index is 12.0. The van der Waals surface area contributed by atoms with Crippen molar-refractivity contribution in [3.8, 4) is 0 Å². The molecule has 2 fully saturated rings. The molecule has 360 valence electrons. The molecule has 9 heteroatoms. The Balaban J connectivity index is 2.53. The summed E-state index contributed by atoms with van der Waals surface area (Å²) in [6.07, 6.45) is 28.6. The van der Waals surface area contributed by atoms with Crippen LogP contribution in [0.4, 0.5) is 0 Å². The Hall–Kier alpha value is -0.498. The molecular weight excluding hydrogens is 907 g/mol. The van der Waals surface area contributed by atoms with Crippen LogP contribution in [0.5, 0.6) is 0 Å². The van der Waals surface area contributed by atoms with Crippen LogP contribution in [0, 0.1) is 11.8 Å². The van der Waals surface area contributed by atoms with E-state index in [0.29, 0.717) is 5.92 Å². The number of carbonyl (C=O) groups excluding carboxylic acids is 1. The van der Waals surface area contributed by atoms with Gasteiger partial charge in [-0.15, -0.1) is 0 Å². The Morgan fingerprint density at radius 3 is 1.85 bits per heavy atom. The molecule has 0 aromatic rings. The number of ether oxygens (including phenoxy) is 3. The van der Waals surface area contributed by atoms with E-state index < -0.39 is 46.4 Å². The molecule has 2 heterocycles. The van der Waals surface area contributed by atoms with Crippen molar-refractivity contribution in [3.05, 3.63) is 46.1 Å². The molecule has 2 aliphatic heterocycles. The normalized spacial score (nSPS) is 25.1. The van der Waals surface area contributed by atoms with Crippen molar-refractivity contribution in [1.29, 1.82) is 0 Å². The SMILES string of the molecule is CCCC[C@]1([C@H](/C=[CH]/[Sn]([CH2]CCC)([CH2]CCC)[CH2]CCC)O[Si](C)(C)C(C)(C)C)CC[C@]2(CC[C@H](C)[C@@H](C/C=C(C)/C=C/[C@H](O[Si](C)(C)C(C)(C)C)[C@@H](C)/C=C/C(=O)OC)O2)O1. The zero-order chi connectivity index (χ0) is 47.0. The second kappa shape index (κ2) is 25.6. The summed E-state index contributed by atoms with van der Waals surface area (Å²) >= 11 is -2.63. The van der Waals surface area contributed by atoms with Crippen molar-refractivity contribution >= 4 is 41.0 Å². The Bertz CT molecular complexity index is 1430. The van der Waals surface area contributed by atoms with Gasteiger partial charge < -0.3 is 9.16 Å². The van der Waals surface area contributed by atoms with Gasteiger partial charge >= 0.3 is 288 Å². The van der Waals surface area contributed by atoms with Crippen molar-refractivity contribution in [3.63, 3.8) is 0 Å².